The molecular weight excluding hydrogens is 292 g/mol. The van der Waals surface area contributed by atoms with Crippen LogP contribution in [-0.4, -0.2) is 45.5 Å². The van der Waals surface area contributed by atoms with Gasteiger partial charge in [0.05, 0.1) is 17.8 Å². The molecule has 6 heteroatoms. The molecule has 1 rings (SSSR count). The number of urea groups is 1. The number of rotatable bonds is 5. The lowest BCUT2D eigenvalue weighted by Gasteiger charge is -2.25. The first-order valence-electron chi connectivity index (χ1n) is 8.28. The van der Waals surface area contributed by atoms with E-state index >= 15 is 0 Å². The molecule has 0 radical (unpaired) electrons. The molecule has 0 saturated heterocycles. The molecule has 2 amide bonds. The summed E-state index contributed by atoms with van der Waals surface area (Å²) in [7, 11) is 0. The standard InChI is InChI=1S/C17H32N4O2/c1-8-9-20(10-11-22)15(23)18-14-12-13(16(2,3)4)19-21(14)17(5,6)7/h12,22H,8-11H2,1-7H3,(H,18,23). The highest BCUT2D eigenvalue weighted by molar-refractivity contribution is 5.88. The van der Waals surface area contributed by atoms with E-state index in [0.717, 1.165) is 12.1 Å². The lowest BCUT2D eigenvalue weighted by atomic mass is 9.92. The number of carbonyl (C=O) groups is 1. The fourth-order valence-electron chi connectivity index (χ4n) is 2.24. The van der Waals surface area contributed by atoms with Gasteiger partial charge < -0.3 is 10.0 Å². The highest BCUT2D eigenvalue weighted by atomic mass is 16.3. The summed E-state index contributed by atoms with van der Waals surface area (Å²) in [4.78, 5) is 14.1. The molecule has 0 unspecified atom stereocenters. The Balaban J connectivity index is 3.11. The average molecular weight is 324 g/mol. The highest BCUT2D eigenvalue weighted by Gasteiger charge is 2.26. The maximum absolute atomic E-state index is 12.5. The zero-order valence-electron chi connectivity index (χ0n) is 15.6. The number of aromatic nitrogens is 2. The first kappa shape index (κ1) is 19.5. The van der Waals surface area contributed by atoms with Gasteiger partial charge in [0.15, 0.2) is 0 Å². The second kappa shape index (κ2) is 7.34. The van der Waals surface area contributed by atoms with Crippen LogP contribution < -0.4 is 5.32 Å². The van der Waals surface area contributed by atoms with Gasteiger partial charge in [-0.15, -0.1) is 0 Å². The van der Waals surface area contributed by atoms with Crippen molar-refractivity contribution in [1.82, 2.24) is 14.7 Å². The number of aliphatic hydroxyl groups excluding tert-OH is 1. The topological polar surface area (TPSA) is 70.4 Å². The molecule has 1 heterocycles. The van der Waals surface area contributed by atoms with Crippen LogP contribution in [0.2, 0.25) is 0 Å². The molecule has 6 nitrogen and oxygen atoms in total. The predicted molar refractivity (Wildman–Crippen MR) is 93.9 cm³/mol. The summed E-state index contributed by atoms with van der Waals surface area (Å²) in [6.07, 6.45) is 0.846. The van der Waals surface area contributed by atoms with Crippen molar-refractivity contribution in [3.05, 3.63) is 11.8 Å². The number of carbonyl (C=O) groups excluding carboxylic acids is 1. The first-order valence-corrected chi connectivity index (χ1v) is 8.28. The summed E-state index contributed by atoms with van der Waals surface area (Å²) in [5.74, 6) is 0.687. The molecule has 0 aromatic carbocycles. The molecule has 0 saturated carbocycles. The van der Waals surface area contributed by atoms with E-state index in [4.69, 9.17) is 10.2 Å². The fraction of sp³-hybridized carbons (Fsp3) is 0.765. The Morgan fingerprint density at radius 2 is 1.87 bits per heavy atom. The minimum absolute atomic E-state index is 0.0425. The fourth-order valence-corrected chi connectivity index (χ4v) is 2.24. The zero-order chi connectivity index (χ0) is 17.8. The molecule has 0 spiro atoms. The number of hydrogen-bond donors (Lipinski definition) is 2. The summed E-state index contributed by atoms with van der Waals surface area (Å²) in [5.41, 5.74) is 0.606. The zero-order valence-corrected chi connectivity index (χ0v) is 15.6. The summed E-state index contributed by atoms with van der Waals surface area (Å²) < 4.78 is 1.86. The Morgan fingerprint density at radius 3 is 2.30 bits per heavy atom. The Morgan fingerprint density at radius 1 is 1.26 bits per heavy atom. The molecule has 0 aliphatic carbocycles. The lowest BCUT2D eigenvalue weighted by Crippen LogP contribution is -2.38. The second-order valence-corrected chi connectivity index (χ2v) is 7.89. The third kappa shape index (κ3) is 5.23. The summed E-state index contributed by atoms with van der Waals surface area (Å²) >= 11 is 0. The molecule has 23 heavy (non-hydrogen) atoms. The van der Waals surface area contributed by atoms with Gasteiger partial charge >= 0.3 is 6.03 Å². The van der Waals surface area contributed by atoms with Gasteiger partial charge in [-0.1, -0.05) is 27.7 Å². The van der Waals surface area contributed by atoms with E-state index in [1.807, 2.05) is 17.7 Å². The Hall–Kier alpha value is -1.56. The van der Waals surface area contributed by atoms with Crippen molar-refractivity contribution in [3.63, 3.8) is 0 Å². The number of nitrogens with one attached hydrogen (secondary N) is 1. The van der Waals surface area contributed by atoms with Gasteiger partial charge in [-0.25, -0.2) is 9.48 Å². The molecule has 0 aliphatic heterocycles. The Bertz CT molecular complexity index is 518. The number of aliphatic hydroxyl groups is 1. The number of anilines is 1. The molecule has 132 valence electrons. The number of nitrogens with zero attached hydrogens (tertiary/aromatic N) is 3. The van der Waals surface area contributed by atoms with Gasteiger partial charge in [-0.05, 0) is 27.2 Å². The van der Waals surface area contributed by atoms with Crippen LogP contribution in [-0.2, 0) is 11.0 Å². The van der Waals surface area contributed by atoms with E-state index in [1.165, 1.54) is 0 Å². The third-order valence-electron chi connectivity index (χ3n) is 3.50. The van der Waals surface area contributed by atoms with E-state index in [1.54, 1.807) is 4.90 Å². The Labute approximate surface area is 139 Å². The average Bonchev–Trinajstić information content (AvgIpc) is 2.82. The van der Waals surface area contributed by atoms with Crippen molar-refractivity contribution in [2.75, 3.05) is 25.0 Å². The maximum atomic E-state index is 12.5. The normalized spacial score (nSPS) is 12.3. The van der Waals surface area contributed by atoms with Crippen molar-refractivity contribution in [2.45, 2.75) is 65.8 Å². The smallest absolute Gasteiger partial charge is 0.323 e. The van der Waals surface area contributed by atoms with Crippen LogP contribution >= 0.6 is 0 Å². The lowest BCUT2D eigenvalue weighted by molar-refractivity contribution is 0.188. The molecule has 1 aromatic heterocycles. The monoisotopic (exact) mass is 324 g/mol. The van der Waals surface area contributed by atoms with E-state index in [9.17, 15) is 4.79 Å². The second-order valence-electron chi connectivity index (χ2n) is 7.89. The number of hydrogen-bond acceptors (Lipinski definition) is 3. The highest BCUT2D eigenvalue weighted by Crippen LogP contribution is 2.28. The maximum Gasteiger partial charge on any atom is 0.323 e. The molecule has 0 aliphatic rings. The summed E-state index contributed by atoms with van der Waals surface area (Å²) in [6, 6.07) is 1.73. The minimum Gasteiger partial charge on any atom is -0.395 e. The van der Waals surface area contributed by atoms with Crippen LogP contribution in [0.15, 0.2) is 6.07 Å². The van der Waals surface area contributed by atoms with E-state index in [2.05, 4.69) is 46.9 Å². The van der Waals surface area contributed by atoms with E-state index in [0.29, 0.717) is 18.9 Å². The predicted octanol–water partition coefficient (Wildman–Crippen LogP) is 3.17. The third-order valence-corrected chi connectivity index (χ3v) is 3.50. The van der Waals surface area contributed by atoms with Gasteiger partial charge in [0.1, 0.15) is 5.82 Å². The van der Waals surface area contributed by atoms with Crippen LogP contribution in [0.4, 0.5) is 10.6 Å². The van der Waals surface area contributed by atoms with E-state index in [-0.39, 0.29) is 23.6 Å². The van der Waals surface area contributed by atoms with E-state index < -0.39 is 0 Å². The van der Waals surface area contributed by atoms with Crippen molar-refractivity contribution >= 4 is 11.8 Å². The Kier molecular flexibility index (Phi) is 6.22. The molecule has 1 aromatic rings. The van der Waals surface area contributed by atoms with Crippen LogP contribution in [0.1, 0.15) is 60.6 Å². The van der Waals surface area contributed by atoms with Crippen LogP contribution in [0.25, 0.3) is 0 Å². The van der Waals surface area contributed by atoms with Crippen LogP contribution in [0.3, 0.4) is 0 Å². The van der Waals surface area contributed by atoms with Crippen molar-refractivity contribution in [3.8, 4) is 0 Å². The van der Waals surface area contributed by atoms with Crippen molar-refractivity contribution in [1.29, 1.82) is 0 Å². The molecule has 2 N–H and O–H groups in total. The van der Waals surface area contributed by atoms with Crippen LogP contribution in [0.5, 0.6) is 0 Å². The summed E-state index contributed by atoms with van der Waals surface area (Å²) in [6.45, 7) is 15.4. The first-order chi connectivity index (χ1) is 10.5. The van der Waals surface area contributed by atoms with Crippen molar-refractivity contribution in [2.24, 2.45) is 0 Å². The van der Waals surface area contributed by atoms with Gasteiger partial charge in [0.2, 0.25) is 0 Å². The summed E-state index contributed by atoms with van der Waals surface area (Å²) in [5, 5.41) is 16.8. The van der Waals surface area contributed by atoms with Crippen molar-refractivity contribution < 1.29 is 9.90 Å². The van der Waals surface area contributed by atoms with Crippen LogP contribution in [0, 0.1) is 0 Å². The molecule has 0 atom stereocenters. The molecule has 0 bridgehead atoms. The number of amides is 2. The van der Waals surface area contributed by atoms with Gasteiger partial charge in [0, 0.05) is 24.6 Å². The van der Waals surface area contributed by atoms with Gasteiger partial charge in [0.25, 0.3) is 0 Å². The van der Waals surface area contributed by atoms with Gasteiger partial charge in [-0.2, -0.15) is 5.10 Å². The minimum atomic E-state index is -0.237. The quantitative estimate of drug-likeness (QED) is 0.874. The largest absolute Gasteiger partial charge is 0.395 e. The SMILES string of the molecule is CCCN(CCO)C(=O)Nc1cc(C(C)(C)C)nn1C(C)(C)C. The molecular formula is C17H32N4O2. The molecule has 0 fully saturated rings. The van der Waals surface area contributed by atoms with Gasteiger partial charge in [-0.3, -0.25) is 5.32 Å².